The summed E-state index contributed by atoms with van der Waals surface area (Å²) in [5.41, 5.74) is -3.55. The van der Waals surface area contributed by atoms with Crippen molar-refractivity contribution < 1.29 is 20.4 Å². The zero-order valence-corrected chi connectivity index (χ0v) is 11.0. The summed E-state index contributed by atoms with van der Waals surface area (Å²) in [5, 5.41) is 40.1. The second kappa shape index (κ2) is 4.35. The normalized spacial score (nSPS) is 43.9. The Morgan fingerprint density at radius 2 is 1.71 bits per heavy atom. The topological polar surface area (TPSA) is 80.9 Å². The summed E-state index contributed by atoms with van der Waals surface area (Å²) in [6.07, 6.45) is 2.15. The van der Waals surface area contributed by atoms with E-state index in [1.807, 2.05) is 0 Å². The molecule has 0 radical (unpaired) electrons. The van der Waals surface area contributed by atoms with Crippen molar-refractivity contribution in [3.05, 3.63) is 12.2 Å². The Morgan fingerprint density at radius 1 is 1.18 bits per heavy atom. The fraction of sp³-hybridized carbons (Fsp3) is 0.846. The summed E-state index contributed by atoms with van der Waals surface area (Å²) in [7, 11) is 0. The highest BCUT2D eigenvalue weighted by Gasteiger charge is 2.58. The molecule has 4 atom stereocenters. The first-order chi connectivity index (χ1) is 7.52. The minimum Gasteiger partial charge on any atom is -0.393 e. The zero-order chi connectivity index (χ0) is 13.5. The molecule has 0 spiro atoms. The lowest BCUT2D eigenvalue weighted by molar-refractivity contribution is -0.217. The Labute approximate surface area is 103 Å². The molecule has 100 valence electrons. The summed E-state index contributed by atoms with van der Waals surface area (Å²) in [6, 6.07) is 0. The van der Waals surface area contributed by atoms with Crippen molar-refractivity contribution in [1.82, 2.24) is 0 Å². The Bertz CT molecular complexity index is 287. The number of hydrogen-bond acceptors (Lipinski definition) is 4. The van der Waals surface area contributed by atoms with Crippen molar-refractivity contribution in [3.8, 4) is 0 Å². The van der Waals surface area contributed by atoms with Gasteiger partial charge in [0.15, 0.2) is 0 Å². The average Bonchev–Trinajstić information content (AvgIpc) is 2.09. The van der Waals surface area contributed by atoms with Crippen molar-refractivity contribution in [1.29, 1.82) is 0 Å². The lowest BCUT2D eigenvalue weighted by Crippen LogP contribution is -2.65. The second-order valence-corrected chi connectivity index (χ2v) is 6.09. The van der Waals surface area contributed by atoms with Crippen molar-refractivity contribution in [2.24, 2.45) is 5.41 Å². The largest absolute Gasteiger partial charge is 0.393 e. The number of hydrogen-bond donors (Lipinski definition) is 4. The minimum absolute atomic E-state index is 0.122. The summed E-state index contributed by atoms with van der Waals surface area (Å²) >= 11 is 0. The van der Waals surface area contributed by atoms with Gasteiger partial charge in [-0.15, -0.1) is 0 Å². The smallest absolute Gasteiger partial charge is 0.116 e. The molecule has 1 aliphatic rings. The maximum atomic E-state index is 10.7. The quantitative estimate of drug-likeness (QED) is 0.536. The zero-order valence-electron chi connectivity index (χ0n) is 11.0. The van der Waals surface area contributed by atoms with Crippen LogP contribution in [-0.4, -0.2) is 43.8 Å². The van der Waals surface area contributed by atoms with Gasteiger partial charge in [-0.25, -0.2) is 0 Å². The van der Waals surface area contributed by atoms with Crippen LogP contribution in [-0.2, 0) is 0 Å². The van der Waals surface area contributed by atoms with Gasteiger partial charge in [-0.05, 0) is 20.3 Å². The summed E-state index contributed by atoms with van der Waals surface area (Å²) in [4.78, 5) is 0. The molecular formula is C13H24O4. The third-order valence-corrected chi connectivity index (χ3v) is 3.85. The second-order valence-electron chi connectivity index (χ2n) is 6.09. The Kier molecular flexibility index (Phi) is 3.75. The van der Waals surface area contributed by atoms with Gasteiger partial charge in [0, 0.05) is 11.8 Å². The van der Waals surface area contributed by atoms with E-state index in [1.165, 1.54) is 19.1 Å². The molecular weight excluding hydrogens is 220 g/mol. The monoisotopic (exact) mass is 244 g/mol. The van der Waals surface area contributed by atoms with E-state index in [-0.39, 0.29) is 6.42 Å². The van der Waals surface area contributed by atoms with Gasteiger partial charge in [0.25, 0.3) is 0 Å². The molecule has 0 bridgehead atoms. The molecule has 0 aromatic rings. The van der Waals surface area contributed by atoms with Crippen molar-refractivity contribution in [3.63, 3.8) is 0 Å². The van der Waals surface area contributed by atoms with Crippen LogP contribution in [0.5, 0.6) is 0 Å². The van der Waals surface area contributed by atoms with E-state index < -0.39 is 28.8 Å². The van der Waals surface area contributed by atoms with Gasteiger partial charge in [0.1, 0.15) is 5.60 Å². The van der Waals surface area contributed by atoms with Crippen LogP contribution in [0.2, 0.25) is 0 Å². The predicted molar refractivity (Wildman–Crippen MR) is 65.4 cm³/mol. The number of rotatable bonds is 2. The standard InChI is InChI=1S/C13H24O4/c1-9(14)5-6-13(17)11(2,3)7-10(15)8-12(13,4)16/h5-6,9-10,14-17H,7-8H2,1-4H3/b6-5+. The molecule has 0 amide bonds. The third kappa shape index (κ3) is 2.55. The molecule has 0 aromatic heterocycles. The fourth-order valence-electron chi connectivity index (χ4n) is 2.84. The van der Waals surface area contributed by atoms with Crippen LogP contribution in [0.4, 0.5) is 0 Å². The molecule has 0 saturated heterocycles. The van der Waals surface area contributed by atoms with E-state index in [2.05, 4.69) is 0 Å². The summed E-state index contributed by atoms with van der Waals surface area (Å²) < 4.78 is 0. The van der Waals surface area contributed by atoms with Crippen molar-refractivity contribution >= 4 is 0 Å². The molecule has 4 N–H and O–H groups in total. The highest BCUT2D eigenvalue weighted by molar-refractivity contribution is 5.21. The molecule has 1 rings (SSSR count). The molecule has 0 aromatic carbocycles. The molecule has 4 unspecified atom stereocenters. The highest BCUT2D eigenvalue weighted by Crippen LogP contribution is 2.50. The van der Waals surface area contributed by atoms with Gasteiger partial charge >= 0.3 is 0 Å². The van der Waals surface area contributed by atoms with Crippen LogP contribution < -0.4 is 0 Å². The van der Waals surface area contributed by atoms with Gasteiger partial charge in [-0.1, -0.05) is 26.0 Å². The van der Waals surface area contributed by atoms with E-state index in [1.54, 1.807) is 20.8 Å². The molecule has 1 saturated carbocycles. The van der Waals surface area contributed by atoms with Crippen LogP contribution in [0.15, 0.2) is 12.2 Å². The molecule has 17 heavy (non-hydrogen) atoms. The molecule has 1 aliphatic carbocycles. The van der Waals surface area contributed by atoms with E-state index in [0.29, 0.717) is 6.42 Å². The first-order valence-electron chi connectivity index (χ1n) is 6.02. The fourth-order valence-corrected chi connectivity index (χ4v) is 2.84. The Balaban J connectivity index is 3.15. The van der Waals surface area contributed by atoms with Gasteiger partial charge in [0.05, 0.1) is 17.8 Å². The first-order valence-corrected chi connectivity index (χ1v) is 6.02. The molecule has 0 heterocycles. The van der Waals surface area contributed by atoms with Gasteiger partial charge in [-0.3, -0.25) is 0 Å². The van der Waals surface area contributed by atoms with E-state index in [9.17, 15) is 20.4 Å². The lowest BCUT2D eigenvalue weighted by atomic mass is 9.57. The Morgan fingerprint density at radius 3 is 2.12 bits per heavy atom. The molecule has 1 fully saturated rings. The van der Waals surface area contributed by atoms with Crippen LogP contribution in [0.25, 0.3) is 0 Å². The van der Waals surface area contributed by atoms with E-state index in [0.717, 1.165) is 0 Å². The summed E-state index contributed by atoms with van der Waals surface area (Å²) in [5.74, 6) is 0. The van der Waals surface area contributed by atoms with Gasteiger partial charge in [-0.2, -0.15) is 0 Å². The maximum Gasteiger partial charge on any atom is 0.116 e. The van der Waals surface area contributed by atoms with E-state index >= 15 is 0 Å². The summed E-state index contributed by atoms with van der Waals surface area (Å²) in [6.45, 7) is 6.70. The lowest BCUT2D eigenvalue weighted by Gasteiger charge is -2.54. The van der Waals surface area contributed by atoms with E-state index in [4.69, 9.17) is 0 Å². The highest BCUT2D eigenvalue weighted by atomic mass is 16.4. The third-order valence-electron chi connectivity index (χ3n) is 3.85. The van der Waals surface area contributed by atoms with Gasteiger partial charge in [0.2, 0.25) is 0 Å². The van der Waals surface area contributed by atoms with Crippen LogP contribution in [0.3, 0.4) is 0 Å². The molecule has 0 aliphatic heterocycles. The molecule has 4 heteroatoms. The van der Waals surface area contributed by atoms with Gasteiger partial charge < -0.3 is 20.4 Å². The number of aliphatic hydroxyl groups is 4. The average molecular weight is 244 g/mol. The maximum absolute atomic E-state index is 10.7. The van der Waals surface area contributed by atoms with Crippen molar-refractivity contribution in [2.45, 2.75) is 63.9 Å². The predicted octanol–water partition coefficient (Wildman–Crippen LogP) is 0.586. The molecule has 4 nitrogen and oxygen atoms in total. The SMILES string of the molecule is CC(O)/C=C/C1(O)C(C)(C)CC(O)CC1(C)O. The van der Waals surface area contributed by atoms with Crippen molar-refractivity contribution in [2.75, 3.05) is 0 Å². The number of aliphatic hydroxyl groups excluding tert-OH is 2. The van der Waals surface area contributed by atoms with Crippen LogP contribution >= 0.6 is 0 Å². The minimum atomic E-state index is -1.46. The first kappa shape index (κ1) is 14.6. The Hall–Kier alpha value is -0.420. The van der Waals surface area contributed by atoms with Crippen LogP contribution in [0, 0.1) is 5.41 Å². The van der Waals surface area contributed by atoms with Crippen LogP contribution in [0.1, 0.15) is 40.5 Å².